The Morgan fingerprint density at radius 1 is 1.12 bits per heavy atom. The fraction of sp³-hybridized carbons (Fsp3) is 0.111. The van der Waals surface area contributed by atoms with E-state index < -0.39 is 0 Å². The van der Waals surface area contributed by atoms with Crippen molar-refractivity contribution in [1.29, 1.82) is 0 Å². The first-order valence-electron chi connectivity index (χ1n) is 7.51. The molecule has 0 saturated carbocycles. The fourth-order valence-corrected chi connectivity index (χ4v) is 2.54. The summed E-state index contributed by atoms with van der Waals surface area (Å²) in [6.07, 6.45) is 3.45. The van der Waals surface area contributed by atoms with Crippen LogP contribution >= 0.6 is 12.2 Å². The van der Waals surface area contributed by atoms with E-state index in [0.717, 1.165) is 16.9 Å². The summed E-state index contributed by atoms with van der Waals surface area (Å²) in [6, 6.07) is 14.6. The van der Waals surface area contributed by atoms with Crippen molar-refractivity contribution in [3.63, 3.8) is 0 Å². The normalized spacial score (nSPS) is 10.4. The van der Waals surface area contributed by atoms with Gasteiger partial charge in [0.25, 0.3) is 0 Å². The highest BCUT2D eigenvalue weighted by molar-refractivity contribution is 7.80. The number of nitrogens with one attached hydrogen (secondary N) is 2. The molecule has 0 unspecified atom stereocenters. The van der Waals surface area contributed by atoms with E-state index in [-0.39, 0.29) is 5.82 Å². The number of hydrogen-bond donors (Lipinski definition) is 2. The number of aryl methyl sites for hydroxylation is 1. The molecule has 2 aromatic carbocycles. The predicted molar refractivity (Wildman–Crippen MR) is 98.8 cm³/mol. The van der Waals surface area contributed by atoms with Gasteiger partial charge in [0, 0.05) is 17.4 Å². The van der Waals surface area contributed by atoms with Crippen molar-refractivity contribution in [3.05, 3.63) is 77.9 Å². The number of nitrogens with zero attached hydrogens (tertiary/aromatic N) is 2. The summed E-state index contributed by atoms with van der Waals surface area (Å²) in [5.74, 6) is -0.237. The van der Waals surface area contributed by atoms with E-state index in [1.54, 1.807) is 29.2 Å². The molecule has 122 valence electrons. The van der Waals surface area contributed by atoms with Gasteiger partial charge in [-0.1, -0.05) is 36.4 Å². The molecule has 0 fully saturated rings. The maximum atomic E-state index is 13.7. The lowest BCUT2D eigenvalue weighted by Gasteiger charge is -2.11. The zero-order chi connectivity index (χ0) is 16.9. The molecule has 0 bridgehead atoms. The first-order valence-corrected chi connectivity index (χ1v) is 7.92. The van der Waals surface area contributed by atoms with Crippen LogP contribution in [0.4, 0.5) is 15.8 Å². The van der Waals surface area contributed by atoms with Gasteiger partial charge in [-0.3, -0.25) is 4.68 Å². The van der Waals surface area contributed by atoms with Crippen LogP contribution in [-0.2, 0) is 6.54 Å². The zero-order valence-electron chi connectivity index (χ0n) is 13.2. The highest BCUT2D eigenvalue weighted by Crippen LogP contribution is 2.15. The van der Waals surface area contributed by atoms with E-state index in [1.165, 1.54) is 6.07 Å². The van der Waals surface area contributed by atoms with Gasteiger partial charge < -0.3 is 10.6 Å². The standard InChI is InChI=1S/C18H17FN4S/c1-13-6-2-5-9-17(13)22-18(24)21-15-10-20-23(12-15)11-14-7-3-4-8-16(14)19/h2-10,12H,11H2,1H3,(H2,21,22,24). The number of hydrogen-bond acceptors (Lipinski definition) is 2. The molecule has 0 aliphatic carbocycles. The van der Waals surface area contributed by atoms with E-state index in [9.17, 15) is 4.39 Å². The minimum absolute atomic E-state index is 0.237. The molecule has 0 radical (unpaired) electrons. The molecule has 1 heterocycles. The lowest BCUT2D eigenvalue weighted by molar-refractivity contribution is 0.585. The Morgan fingerprint density at radius 3 is 2.67 bits per heavy atom. The summed E-state index contributed by atoms with van der Waals surface area (Å²) < 4.78 is 15.3. The van der Waals surface area contributed by atoms with Crippen LogP contribution in [-0.4, -0.2) is 14.9 Å². The SMILES string of the molecule is Cc1ccccc1NC(=S)Nc1cnn(Cc2ccccc2F)c1. The molecular formula is C18H17FN4S. The second kappa shape index (κ2) is 7.23. The van der Waals surface area contributed by atoms with E-state index >= 15 is 0 Å². The molecule has 0 atom stereocenters. The number of anilines is 2. The fourth-order valence-electron chi connectivity index (χ4n) is 2.31. The van der Waals surface area contributed by atoms with Crippen LogP contribution in [0.5, 0.6) is 0 Å². The van der Waals surface area contributed by atoms with Gasteiger partial charge in [-0.05, 0) is 36.8 Å². The summed E-state index contributed by atoms with van der Waals surface area (Å²) >= 11 is 5.32. The largest absolute Gasteiger partial charge is 0.332 e. The lowest BCUT2D eigenvalue weighted by atomic mass is 10.2. The van der Waals surface area contributed by atoms with Crippen LogP contribution < -0.4 is 10.6 Å². The topological polar surface area (TPSA) is 41.9 Å². The maximum Gasteiger partial charge on any atom is 0.175 e. The highest BCUT2D eigenvalue weighted by atomic mass is 32.1. The number of benzene rings is 2. The summed E-state index contributed by atoms with van der Waals surface area (Å²) in [5, 5.41) is 10.9. The van der Waals surface area contributed by atoms with Gasteiger partial charge in [0.15, 0.2) is 5.11 Å². The number of aromatic nitrogens is 2. The van der Waals surface area contributed by atoms with Crippen LogP contribution in [0, 0.1) is 12.7 Å². The average molecular weight is 340 g/mol. The second-order valence-corrected chi connectivity index (χ2v) is 5.82. The minimum Gasteiger partial charge on any atom is -0.332 e. The van der Waals surface area contributed by atoms with Gasteiger partial charge in [-0.25, -0.2) is 4.39 Å². The molecular weight excluding hydrogens is 323 g/mol. The van der Waals surface area contributed by atoms with Crippen molar-refractivity contribution in [2.24, 2.45) is 0 Å². The number of rotatable bonds is 4. The zero-order valence-corrected chi connectivity index (χ0v) is 14.0. The van der Waals surface area contributed by atoms with Crippen LogP contribution in [0.15, 0.2) is 60.9 Å². The minimum atomic E-state index is -0.237. The molecule has 4 nitrogen and oxygen atoms in total. The van der Waals surface area contributed by atoms with Crippen molar-refractivity contribution >= 4 is 28.7 Å². The van der Waals surface area contributed by atoms with Crippen LogP contribution in [0.3, 0.4) is 0 Å². The first-order chi connectivity index (χ1) is 11.6. The van der Waals surface area contributed by atoms with E-state index in [0.29, 0.717) is 17.2 Å². The van der Waals surface area contributed by atoms with Gasteiger partial charge in [0.2, 0.25) is 0 Å². The number of thiocarbonyl (C=S) groups is 1. The molecule has 0 spiro atoms. The van der Waals surface area contributed by atoms with Gasteiger partial charge in [0.05, 0.1) is 18.4 Å². The van der Waals surface area contributed by atoms with E-state index in [4.69, 9.17) is 12.2 Å². The molecule has 6 heteroatoms. The summed E-state index contributed by atoms with van der Waals surface area (Å²) in [4.78, 5) is 0. The Bertz CT molecular complexity index is 859. The van der Waals surface area contributed by atoms with E-state index in [2.05, 4.69) is 15.7 Å². The molecule has 3 rings (SSSR count). The van der Waals surface area contributed by atoms with Crippen molar-refractivity contribution in [2.75, 3.05) is 10.6 Å². The molecule has 0 aliphatic heterocycles. The summed E-state index contributed by atoms with van der Waals surface area (Å²) in [6.45, 7) is 2.38. The van der Waals surface area contributed by atoms with Gasteiger partial charge in [-0.15, -0.1) is 0 Å². The average Bonchev–Trinajstić information content (AvgIpc) is 2.99. The van der Waals surface area contributed by atoms with Crippen LogP contribution in [0.2, 0.25) is 0 Å². The van der Waals surface area contributed by atoms with Gasteiger partial charge >= 0.3 is 0 Å². The molecule has 24 heavy (non-hydrogen) atoms. The molecule has 0 aliphatic rings. The molecule has 1 aromatic heterocycles. The van der Waals surface area contributed by atoms with Crippen LogP contribution in [0.1, 0.15) is 11.1 Å². The Hall–Kier alpha value is -2.73. The second-order valence-electron chi connectivity index (χ2n) is 5.41. The Morgan fingerprint density at radius 2 is 1.88 bits per heavy atom. The van der Waals surface area contributed by atoms with Crippen molar-refractivity contribution in [1.82, 2.24) is 9.78 Å². The van der Waals surface area contributed by atoms with E-state index in [1.807, 2.05) is 37.3 Å². The van der Waals surface area contributed by atoms with Crippen molar-refractivity contribution < 1.29 is 4.39 Å². The smallest absolute Gasteiger partial charge is 0.175 e. The third kappa shape index (κ3) is 3.97. The summed E-state index contributed by atoms with van der Waals surface area (Å²) in [5.41, 5.74) is 3.40. The Labute approximate surface area is 145 Å². The van der Waals surface area contributed by atoms with Crippen molar-refractivity contribution in [3.8, 4) is 0 Å². The first kappa shape index (κ1) is 16.1. The third-order valence-electron chi connectivity index (χ3n) is 3.57. The molecule has 2 N–H and O–H groups in total. The van der Waals surface area contributed by atoms with Crippen LogP contribution in [0.25, 0.3) is 0 Å². The maximum absolute atomic E-state index is 13.7. The lowest BCUT2D eigenvalue weighted by Crippen LogP contribution is -2.19. The van der Waals surface area contributed by atoms with Gasteiger partial charge in [0.1, 0.15) is 5.82 Å². The molecule has 0 amide bonds. The monoisotopic (exact) mass is 340 g/mol. The number of para-hydroxylation sites is 1. The molecule has 0 saturated heterocycles. The van der Waals surface area contributed by atoms with Gasteiger partial charge in [-0.2, -0.15) is 5.10 Å². The van der Waals surface area contributed by atoms with Crippen molar-refractivity contribution in [2.45, 2.75) is 13.5 Å². The summed E-state index contributed by atoms with van der Waals surface area (Å²) in [7, 11) is 0. The molecule has 3 aromatic rings. The Balaban J connectivity index is 1.63. The predicted octanol–water partition coefficient (Wildman–Crippen LogP) is 4.19. The Kier molecular flexibility index (Phi) is 4.86. The number of halogens is 1. The third-order valence-corrected chi connectivity index (χ3v) is 3.78. The quantitative estimate of drug-likeness (QED) is 0.699. The highest BCUT2D eigenvalue weighted by Gasteiger charge is 2.06.